The van der Waals surface area contributed by atoms with Gasteiger partial charge in [0.15, 0.2) is 0 Å². The molecule has 0 aliphatic rings. The van der Waals surface area contributed by atoms with Crippen LogP contribution >= 0.6 is 0 Å². The highest BCUT2D eigenvalue weighted by Gasteiger charge is 2.04. The van der Waals surface area contributed by atoms with Crippen molar-refractivity contribution >= 4 is 12.0 Å². The van der Waals surface area contributed by atoms with Crippen molar-refractivity contribution in [3.8, 4) is 0 Å². The van der Waals surface area contributed by atoms with Gasteiger partial charge in [-0.15, -0.1) is 0 Å². The predicted molar refractivity (Wildman–Crippen MR) is 62.1 cm³/mol. The lowest BCUT2D eigenvalue weighted by Crippen LogP contribution is -2.39. The van der Waals surface area contributed by atoms with Gasteiger partial charge in [-0.3, -0.25) is 4.79 Å². The summed E-state index contributed by atoms with van der Waals surface area (Å²) in [6.45, 7) is 6.89. The molecule has 0 aromatic carbocycles. The second kappa shape index (κ2) is 9.00. The first-order valence-corrected chi connectivity index (χ1v) is 5.73. The highest BCUT2D eigenvalue weighted by molar-refractivity contribution is 5.80. The first-order chi connectivity index (χ1) is 7.56. The summed E-state index contributed by atoms with van der Waals surface area (Å²) in [6, 6.07) is -0.322. The number of hydrogen-bond acceptors (Lipinski definition) is 3. The number of rotatable bonds is 7. The van der Waals surface area contributed by atoms with E-state index in [-0.39, 0.29) is 12.6 Å². The molecular weight excluding hydrogens is 208 g/mol. The SMILES string of the molecule is CCOC(=O)CNC(=O)NCCCC(C)C. The molecule has 5 nitrogen and oxygen atoms in total. The van der Waals surface area contributed by atoms with E-state index < -0.39 is 5.97 Å². The maximum atomic E-state index is 11.2. The van der Waals surface area contributed by atoms with Crippen LogP contribution in [0, 0.1) is 5.92 Å². The first-order valence-electron chi connectivity index (χ1n) is 5.73. The van der Waals surface area contributed by atoms with Gasteiger partial charge in [-0.2, -0.15) is 0 Å². The third kappa shape index (κ3) is 9.30. The molecule has 0 heterocycles. The van der Waals surface area contributed by atoms with Crippen LogP contribution in [0.4, 0.5) is 4.79 Å². The van der Waals surface area contributed by atoms with Crippen LogP contribution in [0.1, 0.15) is 33.6 Å². The molecule has 0 saturated carbocycles. The minimum atomic E-state index is -0.417. The molecule has 0 fully saturated rings. The Morgan fingerprint density at radius 2 is 1.94 bits per heavy atom. The average molecular weight is 230 g/mol. The zero-order chi connectivity index (χ0) is 12.4. The highest BCUT2D eigenvalue weighted by Crippen LogP contribution is 2.01. The Bertz CT molecular complexity index is 217. The van der Waals surface area contributed by atoms with Crippen molar-refractivity contribution in [1.82, 2.24) is 10.6 Å². The minimum absolute atomic E-state index is 0.0795. The second-order valence-corrected chi connectivity index (χ2v) is 3.95. The number of carbonyl (C=O) groups excluding carboxylic acids is 2. The van der Waals surface area contributed by atoms with Crippen LogP contribution in [-0.2, 0) is 9.53 Å². The number of carbonyl (C=O) groups is 2. The average Bonchev–Trinajstić information content (AvgIpc) is 2.22. The Labute approximate surface area is 96.9 Å². The van der Waals surface area contributed by atoms with E-state index in [1.807, 2.05) is 0 Å². The fraction of sp³-hybridized carbons (Fsp3) is 0.818. The van der Waals surface area contributed by atoms with Gasteiger partial charge in [0.2, 0.25) is 0 Å². The lowest BCUT2D eigenvalue weighted by Gasteiger charge is -2.08. The molecule has 2 N–H and O–H groups in total. The van der Waals surface area contributed by atoms with Gasteiger partial charge < -0.3 is 15.4 Å². The number of hydrogen-bond donors (Lipinski definition) is 2. The molecule has 0 rings (SSSR count). The molecule has 0 saturated heterocycles. The summed E-state index contributed by atoms with van der Waals surface area (Å²) < 4.78 is 4.67. The summed E-state index contributed by atoms with van der Waals surface area (Å²) in [5.74, 6) is 0.226. The van der Waals surface area contributed by atoms with Crippen molar-refractivity contribution in [1.29, 1.82) is 0 Å². The first kappa shape index (κ1) is 14.7. The quantitative estimate of drug-likeness (QED) is 0.511. The van der Waals surface area contributed by atoms with Gasteiger partial charge in [0.1, 0.15) is 6.54 Å². The van der Waals surface area contributed by atoms with E-state index in [1.54, 1.807) is 6.92 Å². The molecule has 0 bridgehead atoms. The Hall–Kier alpha value is -1.26. The van der Waals surface area contributed by atoms with E-state index in [9.17, 15) is 9.59 Å². The highest BCUT2D eigenvalue weighted by atomic mass is 16.5. The molecular formula is C11H22N2O3. The summed E-state index contributed by atoms with van der Waals surface area (Å²) in [5.41, 5.74) is 0. The van der Waals surface area contributed by atoms with Crippen LogP contribution in [0.3, 0.4) is 0 Å². The number of amides is 2. The normalized spacial score (nSPS) is 10.0. The molecule has 0 aromatic rings. The summed E-state index contributed by atoms with van der Waals surface area (Å²) in [6.07, 6.45) is 2.03. The van der Waals surface area contributed by atoms with Gasteiger partial charge in [-0.05, 0) is 25.7 Å². The van der Waals surface area contributed by atoms with Crippen LogP contribution in [0.15, 0.2) is 0 Å². The van der Waals surface area contributed by atoms with E-state index >= 15 is 0 Å². The van der Waals surface area contributed by atoms with Crippen LogP contribution < -0.4 is 10.6 Å². The number of ether oxygens (including phenoxy) is 1. The fourth-order valence-electron chi connectivity index (χ4n) is 1.14. The van der Waals surface area contributed by atoms with Crippen molar-refractivity contribution in [2.45, 2.75) is 33.6 Å². The Balaban J connectivity index is 3.41. The van der Waals surface area contributed by atoms with Crippen LogP contribution in [0.25, 0.3) is 0 Å². The zero-order valence-electron chi connectivity index (χ0n) is 10.3. The molecule has 2 amide bonds. The van der Waals surface area contributed by atoms with Gasteiger partial charge in [0, 0.05) is 6.54 Å². The van der Waals surface area contributed by atoms with E-state index in [1.165, 1.54) is 0 Å². The summed E-state index contributed by atoms with van der Waals surface area (Å²) in [4.78, 5) is 22.1. The molecule has 0 aromatic heterocycles. The zero-order valence-corrected chi connectivity index (χ0v) is 10.3. The fourth-order valence-corrected chi connectivity index (χ4v) is 1.14. The standard InChI is InChI=1S/C11H22N2O3/c1-4-16-10(14)8-13-11(15)12-7-5-6-9(2)3/h9H,4-8H2,1-3H3,(H2,12,13,15). The Kier molecular flexibility index (Phi) is 8.29. The summed E-state index contributed by atoms with van der Waals surface area (Å²) in [5, 5.41) is 5.11. The molecule has 5 heteroatoms. The molecule has 16 heavy (non-hydrogen) atoms. The molecule has 0 spiro atoms. The van der Waals surface area contributed by atoms with Gasteiger partial charge in [0.05, 0.1) is 6.61 Å². The Morgan fingerprint density at radius 1 is 1.25 bits per heavy atom. The topological polar surface area (TPSA) is 67.4 Å². The maximum absolute atomic E-state index is 11.2. The Morgan fingerprint density at radius 3 is 2.50 bits per heavy atom. The largest absolute Gasteiger partial charge is 0.465 e. The van der Waals surface area contributed by atoms with Crippen molar-refractivity contribution in [2.75, 3.05) is 19.7 Å². The van der Waals surface area contributed by atoms with Crippen LogP contribution in [-0.4, -0.2) is 31.7 Å². The lowest BCUT2D eigenvalue weighted by molar-refractivity contribution is -0.141. The number of nitrogens with one attached hydrogen (secondary N) is 2. The van der Waals surface area contributed by atoms with Crippen molar-refractivity contribution in [3.63, 3.8) is 0 Å². The summed E-state index contributed by atoms with van der Waals surface area (Å²) >= 11 is 0. The van der Waals surface area contributed by atoms with Gasteiger partial charge >= 0.3 is 12.0 Å². The van der Waals surface area contributed by atoms with Gasteiger partial charge in [-0.1, -0.05) is 13.8 Å². The van der Waals surface area contributed by atoms with Crippen LogP contribution in [0.2, 0.25) is 0 Å². The molecule has 0 atom stereocenters. The molecule has 0 radical (unpaired) electrons. The van der Waals surface area contributed by atoms with Crippen molar-refractivity contribution < 1.29 is 14.3 Å². The second-order valence-electron chi connectivity index (χ2n) is 3.95. The van der Waals surface area contributed by atoms with Crippen molar-refractivity contribution in [2.24, 2.45) is 5.92 Å². The third-order valence-electron chi connectivity index (χ3n) is 1.94. The van der Waals surface area contributed by atoms with Gasteiger partial charge in [-0.25, -0.2) is 4.79 Å². The van der Waals surface area contributed by atoms with E-state index in [0.29, 0.717) is 19.1 Å². The van der Waals surface area contributed by atoms with Crippen LogP contribution in [0.5, 0.6) is 0 Å². The third-order valence-corrected chi connectivity index (χ3v) is 1.94. The number of urea groups is 1. The molecule has 0 unspecified atom stereocenters. The molecule has 94 valence electrons. The van der Waals surface area contributed by atoms with E-state index in [4.69, 9.17) is 0 Å². The lowest BCUT2D eigenvalue weighted by atomic mass is 10.1. The van der Waals surface area contributed by atoms with E-state index in [0.717, 1.165) is 12.8 Å². The monoisotopic (exact) mass is 230 g/mol. The predicted octanol–water partition coefficient (Wildman–Crippen LogP) is 1.28. The van der Waals surface area contributed by atoms with Crippen molar-refractivity contribution in [3.05, 3.63) is 0 Å². The smallest absolute Gasteiger partial charge is 0.325 e. The maximum Gasteiger partial charge on any atom is 0.325 e. The molecule has 0 aliphatic carbocycles. The summed E-state index contributed by atoms with van der Waals surface area (Å²) in [7, 11) is 0. The van der Waals surface area contributed by atoms with Gasteiger partial charge in [0.25, 0.3) is 0 Å². The minimum Gasteiger partial charge on any atom is -0.465 e. The van der Waals surface area contributed by atoms with E-state index in [2.05, 4.69) is 29.2 Å². The number of esters is 1. The molecule has 0 aliphatic heterocycles.